The molecule has 0 spiro atoms. The number of nitrogens with zero attached hydrogens (tertiary/aromatic N) is 2. The predicted octanol–water partition coefficient (Wildman–Crippen LogP) is 3.38. The smallest absolute Gasteiger partial charge is 0.193 e. The Balaban J connectivity index is 1.41. The van der Waals surface area contributed by atoms with Gasteiger partial charge in [0, 0.05) is 26.7 Å². The maximum atomic E-state index is 12.4. The van der Waals surface area contributed by atoms with Crippen molar-refractivity contribution in [1.29, 1.82) is 0 Å². The first-order chi connectivity index (χ1) is 14.1. The van der Waals surface area contributed by atoms with Gasteiger partial charge in [-0.3, -0.25) is 4.99 Å². The van der Waals surface area contributed by atoms with Gasteiger partial charge < -0.3 is 10.2 Å². The molecule has 0 atom stereocenters. The molecular weight excluding hydrogens is 382 g/mol. The van der Waals surface area contributed by atoms with Crippen LogP contribution in [0.4, 0.5) is 0 Å². The molecule has 0 bridgehead atoms. The van der Waals surface area contributed by atoms with Crippen LogP contribution in [0.3, 0.4) is 0 Å². The molecule has 0 radical (unpaired) electrons. The van der Waals surface area contributed by atoms with E-state index in [4.69, 9.17) is 0 Å². The summed E-state index contributed by atoms with van der Waals surface area (Å²) in [6.07, 6.45) is 3.99. The summed E-state index contributed by atoms with van der Waals surface area (Å²) in [4.78, 5) is 7.07. The van der Waals surface area contributed by atoms with Crippen LogP contribution in [-0.2, 0) is 16.3 Å². The Morgan fingerprint density at radius 3 is 2.28 bits per heavy atom. The number of guanidine groups is 1. The van der Waals surface area contributed by atoms with Crippen LogP contribution in [0, 0.1) is 5.92 Å². The topological polar surface area (TPSA) is 61.8 Å². The third kappa shape index (κ3) is 6.32. The Bertz CT molecular complexity index is 875. The molecule has 1 aliphatic rings. The largest absolute Gasteiger partial charge is 0.356 e. The second kappa shape index (κ2) is 10.4. The Morgan fingerprint density at radius 1 is 1.03 bits per heavy atom. The van der Waals surface area contributed by atoms with Gasteiger partial charge in [-0.2, -0.15) is 0 Å². The number of sulfone groups is 1. The average Bonchev–Trinajstić information content (AvgIpc) is 2.76. The van der Waals surface area contributed by atoms with Gasteiger partial charge in [0.1, 0.15) is 0 Å². The van der Waals surface area contributed by atoms with Gasteiger partial charge in [0.2, 0.25) is 0 Å². The highest BCUT2D eigenvalue weighted by Gasteiger charge is 2.21. The minimum absolute atomic E-state index is 0.139. The molecule has 0 amide bonds. The summed E-state index contributed by atoms with van der Waals surface area (Å²) < 4.78 is 24.7. The number of piperidine rings is 1. The number of benzene rings is 2. The minimum atomic E-state index is -3.22. The molecule has 156 valence electrons. The van der Waals surface area contributed by atoms with Crippen LogP contribution in [0.1, 0.15) is 24.8 Å². The molecular formula is C23H31N3O2S. The van der Waals surface area contributed by atoms with Crippen LogP contribution < -0.4 is 5.32 Å². The van der Waals surface area contributed by atoms with Gasteiger partial charge in [0.05, 0.1) is 10.6 Å². The summed E-state index contributed by atoms with van der Waals surface area (Å²) in [6, 6.07) is 19.3. The fourth-order valence-electron chi connectivity index (χ4n) is 3.84. The second-order valence-corrected chi connectivity index (χ2v) is 9.69. The summed E-state index contributed by atoms with van der Waals surface area (Å²) in [5.74, 6) is 1.73. The molecule has 1 N–H and O–H groups in total. The van der Waals surface area contributed by atoms with E-state index in [0.29, 0.717) is 23.8 Å². The van der Waals surface area contributed by atoms with Crippen molar-refractivity contribution in [1.82, 2.24) is 10.2 Å². The summed E-state index contributed by atoms with van der Waals surface area (Å²) >= 11 is 0. The minimum Gasteiger partial charge on any atom is -0.356 e. The van der Waals surface area contributed by atoms with Crippen molar-refractivity contribution < 1.29 is 8.42 Å². The molecule has 5 nitrogen and oxygen atoms in total. The molecule has 29 heavy (non-hydrogen) atoms. The highest BCUT2D eigenvalue weighted by molar-refractivity contribution is 7.91. The molecule has 2 aromatic carbocycles. The monoisotopic (exact) mass is 413 g/mol. The van der Waals surface area contributed by atoms with E-state index in [9.17, 15) is 8.42 Å². The highest BCUT2D eigenvalue weighted by Crippen LogP contribution is 2.21. The first-order valence-corrected chi connectivity index (χ1v) is 12.0. The van der Waals surface area contributed by atoms with E-state index in [0.717, 1.165) is 38.3 Å². The number of aliphatic imine (C=N–C) groups is 1. The molecule has 6 heteroatoms. The SMILES string of the molecule is CN=C(NCCCS(=O)(=O)c1ccccc1)N1CCC(Cc2ccccc2)CC1. The standard InChI is InChI=1S/C23H31N3O2S/c1-24-23(25-15-8-18-29(27,28)22-11-6-3-7-12-22)26-16-13-21(14-17-26)19-20-9-4-2-5-10-20/h2-7,9-12,21H,8,13-19H2,1H3,(H,24,25). The van der Waals surface area contributed by atoms with Crippen LogP contribution >= 0.6 is 0 Å². The first-order valence-electron chi connectivity index (χ1n) is 10.4. The fourth-order valence-corrected chi connectivity index (χ4v) is 5.17. The third-order valence-corrected chi connectivity index (χ3v) is 7.28. The van der Waals surface area contributed by atoms with Crippen molar-refractivity contribution in [3.8, 4) is 0 Å². The van der Waals surface area contributed by atoms with E-state index < -0.39 is 9.84 Å². The number of likely N-dealkylation sites (tertiary alicyclic amines) is 1. The van der Waals surface area contributed by atoms with Gasteiger partial charge in [-0.05, 0) is 49.3 Å². The van der Waals surface area contributed by atoms with E-state index in [2.05, 4.69) is 45.5 Å². The van der Waals surface area contributed by atoms with Gasteiger partial charge in [-0.25, -0.2) is 8.42 Å². The van der Waals surface area contributed by atoms with Gasteiger partial charge in [-0.15, -0.1) is 0 Å². The van der Waals surface area contributed by atoms with Crippen molar-refractivity contribution in [3.63, 3.8) is 0 Å². The summed E-state index contributed by atoms with van der Waals surface area (Å²) in [5, 5.41) is 3.34. The number of nitrogens with one attached hydrogen (secondary N) is 1. The second-order valence-electron chi connectivity index (χ2n) is 7.58. The lowest BCUT2D eigenvalue weighted by molar-refractivity contribution is 0.259. The maximum absolute atomic E-state index is 12.4. The van der Waals surface area contributed by atoms with Crippen LogP contribution in [0.15, 0.2) is 70.6 Å². The van der Waals surface area contributed by atoms with E-state index in [-0.39, 0.29) is 5.75 Å². The summed E-state index contributed by atoms with van der Waals surface area (Å²) in [7, 11) is -1.43. The maximum Gasteiger partial charge on any atom is 0.193 e. The molecule has 1 heterocycles. The fraction of sp³-hybridized carbons (Fsp3) is 0.435. The van der Waals surface area contributed by atoms with Crippen LogP contribution in [0.2, 0.25) is 0 Å². The van der Waals surface area contributed by atoms with Gasteiger partial charge in [-0.1, -0.05) is 48.5 Å². The Kier molecular flexibility index (Phi) is 7.69. The van der Waals surface area contributed by atoms with Crippen LogP contribution in [0.5, 0.6) is 0 Å². The zero-order chi connectivity index (χ0) is 20.5. The van der Waals surface area contributed by atoms with E-state index >= 15 is 0 Å². The predicted molar refractivity (Wildman–Crippen MR) is 119 cm³/mol. The Labute approximate surface area is 174 Å². The van der Waals surface area contributed by atoms with Crippen molar-refractivity contribution in [2.75, 3.05) is 32.4 Å². The molecule has 1 aliphatic heterocycles. The summed E-state index contributed by atoms with van der Waals surface area (Å²) in [6.45, 7) is 2.57. The van der Waals surface area contributed by atoms with E-state index in [1.165, 1.54) is 5.56 Å². The lowest BCUT2D eigenvalue weighted by Crippen LogP contribution is -2.46. The third-order valence-electron chi connectivity index (χ3n) is 5.47. The zero-order valence-corrected chi connectivity index (χ0v) is 17.9. The van der Waals surface area contributed by atoms with Gasteiger partial charge in [0.15, 0.2) is 15.8 Å². The molecule has 0 aromatic heterocycles. The van der Waals surface area contributed by atoms with Crippen molar-refractivity contribution in [3.05, 3.63) is 66.2 Å². The first kappa shape index (κ1) is 21.4. The van der Waals surface area contributed by atoms with Crippen LogP contribution in [0.25, 0.3) is 0 Å². The number of hydrogen-bond acceptors (Lipinski definition) is 3. The molecule has 0 saturated carbocycles. The van der Waals surface area contributed by atoms with Crippen molar-refractivity contribution >= 4 is 15.8 Å². The van der Waals surface area contributed by atoms with Crippen molar-refractivity contribution in [2.45, 2.75) is 30.6 Å². The molecule has 0 aliphatic carbocycles. The van der Waals surface area contributed by atoms with E-state index in [1.54, 1.807) is 31.3 Å². The number of hydrogen-bond donors (Lipinski definition) is 1. The number of rotatable bonds is 7. The van der Waals surface area contributed by atoms with Gasteiger partial charge >= 0.3 is 0 Å². The average molecular weight is 414 g/mol. The molecule has 0 unspecified atom stereocenters. The summed E-state index contributed by atoms with van der Waals surface area (Å²) in [5.41, 5.74) is 1.41. The Morgan fingerprint density at radius 2 is 1.66 bits per heavy atom. The van der Waals surface area contributed by atoms with Crippen LogP contribution in [-0.4, -0.2) is 51.7 Å². The molecule has 2 aromatic rings. The zero-order valence-electron chi connectivity index (χ0n) is 17.1. The normalized spacial score (nSPS) is 16.0. The lowest BCUT2D eigenvalue weighted by Gasteiger charge is -2.34. The quantitative estimate of drug-likeness (QED) is 0.429. The highest BCUT2D eigenvalue weighted by atomic mass is 32.2. The lowest BCUT2D eigenvalue weighted by atomic mass is 9.90. The molecule has 1 fully saturated rings. The van der Waals surface area contributed by atoms with Gasteiger partial charge in [0.25, 0.3) is 0 Å². The van der Waals surface area contributed by atoms with E-state index in [1.807, 2.05) is 6.07 Å². The molecule has 1 saturated heterocycles. The molecule has 3 rings (SSSR count). The Hall–Kier alpha value is -2.34. The van der Waals surface area contributed by atoms with Crippen molar-refractivity contribution in [2.24, 2.45) is 10.9 Å².